The summed E-state index contributed by atoms with van der Waals surface area (Å²) >= 11 is 1.57. The van der Waals surface area contributed by atoms with Crippen molar-refractivity contribution in [1.29, 1.82) is 0 Å². The number of hydrogen-bond acceptors (Lipinski definition) is 7. The smallest absolute Gasteiger partial charge is 0.250 e. The van der Waals surface area contributed by atoms with Gasteiger partial charge in [-0.15, -0.1) is 16.4 Å². The topological polar surface area (TPSA) is 76.7 Å². The molecule has 0 atom stereocenters. The summed E-state index contributed by atoms with van der Waals surface area (Å²) in [6.07, 6.45) is 2.99. The van der Waals surface area contributed by atoms with E-state index >= 15 is 0 Å². The van der Waals surface area contributed by atoms with Crippen LogP contribution in [0.25, 0.3) is 10.2 Å². The van der Waals surface area contributed by atoms with Crippen molar-refractivity contribution in [2.75, 3.05) is 5.32 Å². The van der Waals surface area contributed by atoms with Crippen LogP contribution in [-0.2, 0) is 0 Å². The van der Waals surface area contributed by atoms with Gasteiger partial charge >= 0.3 is 0 Å². The highest BCUT2D eigenvalue weighted by molar-refractivity contribution is 7.17. The molecular formula is C8H5N5OS. The van der Waals surface area contributed by atoms with Crippen molar-refractivity contribution in [3.05, 3.63) is 24.0 Å². The standard InChI is InChI=1S/C8H5N5OS/c1-2-15-7-5(1)9-4-10-8(7)12-6-3-11-13-14-6/h1-4H,(H,9,10,12). The molecule has 15 heavy (non-hydrogen) atoms. The summed E-state index contributed by atoms with van der Waals surface area (Å²) in [5.41, 5.74) is 0.907. The molecule has 0 aliphatic heterocycles. The Balaban J connectivity index is 2.07. The number of rotatable bonds is 2. The maximum atomic E-state index is 4.83. The first-order valence-corrected chi connectivity index (χ1v) is 5.04. The van der Waals surface area contributed by atoms with Crippen molar-refractivity contribution in [2.24, 2.45) is 0 Å². The summed E-state index contributed by atoms with van der Waals surface area (Å²) in [6, 6.07) is 1.94. The van der Waals surface area contributed by atoms with Crippen LogP contribution < -0.4 is 5.32 Å². The van der Waals surface area contributed by atoms with Gasteiger partial charge in [0.25, 0.3) is 5.88 Å². The zero-order valence-corrected chi connectivity index (χ0v) is 8.23. The fourth-order valence-electron chi connectivity index (χ4n) is 1.22. The zero-order valence-electron chi connectivity index (χ0n) is 7.41. The molecule has 74 valence electrons. The van der Waals surface area contributed by atoms with Gasteiger partial charge in [0.15, 0.2) is 5.82 Å². The van der Waals surface area contributed by atoms with Gasteiger partial charge in [0.2, 0.25) is 0 Å². The molecule has 0 saturated heterocycles. The Labute approximate surface area is 88.0 Å². The van der Waals surface area contributed by atoms with Gasteiger partial charge in [-0.25, -0.2) is 9.97 Å². The molecule has 0 aliphatic rings. The van der Waals surface area contributed by atoms with Gasteiger partial charge in [0, 0.05) is 5.27 Å². The van der Waals surface area contributed by atoms with E-state index < -0.39 is 0 Å². The molecule has 1 N–H and O–H groups in total. The van der Waals surface area contributed by atoms with Crippen LogP contribution in [0.2, 0.25) is 0 Å². The fourth-order valence-corrected chi connectivity index (χ4v) is 2.01. The highest BCUT2D eigenvalue weighted by Crippen LogP contribution is 2.26. The van der Waals surface area contributed by atoms with Crippen molar-refractivity contribution in [1.82, 2.24) is 20.3 Å². The quantitative estimate of drug-likeness (QED) is 0.708. The minimum atomic E-state index is 0.461. The van der Waals surface area contributed by atoms with Crippen LogP contribution in [0.3, 0.4) is 0 Å². The Morgan fingerprint density at radius 1 is 1.33 bits per heavy atom. The number of anilines is 2. The lowest BCUT2D eigenvalue weighted by molar-refractivity contribution is 0.406. The maximum absolute atomic E-state index is 4.83. The van der Waals surface area contributed by atoms with Gasteiger partial charge < -0.3 is 9.84 Å². The molecule has 6 nitrogen and oxygen atoms in total. The van der Waals surface area contributed by atoms with Crippen LogP contribution in [0.5, 0.6) is 0 Å². The molecule has 3 aromatic heterocycles. The van der Waals surface area contributed by atoms with E-state index in [1.54, 1.807) is 11.3 Å². The van der Waals surface area contributed by atoms with E-state index in [4.69, 9.17) is 4.52 Å². The summed E-state index contributed by atoms with van der Waals surface area (Å²) in [7, 11) is 0. The van der Waals surface area contributed by atoms with Gasteiger partial charge in [0.05, 0.1) is 10.2 Å². The monoisotopic (exact) mass is 219 g/mol. The minimum Gasteiger partial charge on any atom is -0.319 e. The largest absolute Gasteiger partial charge is 0.319 e. The van der Waals surface area contributed by atoms with Gasteiger partial charge in [-0.1, -0.05) is 0 Å². The SMILES string of the molecule is c1nc(Nc2cnno2)c2sccc2n1. The summed E-state index contributed by atoms with van der Waals surface area (Å²) < 4.78 is 5.82. The predicted molar refractivity (Wildman–Crippen MR) is 55.0 cm³/mol. The Kier molecular flexibility index (Phi) is 1.82. The van der Waals surface area contributed by atoms with Crippen molar-refractivity contribution >= 4 is 33.3 Å². The van der Waals surface area contributed by atoms with Crippen molar-refractivity contribution in [3.63, 3.8) is 0 Å². The lowest BCUT2D eigenvalue weighted by atomic mass is 10.4. The highest BCUT2D eigenvalue weighted by Gasteiger charge is 2.06. The molecule has 3 rings (SSSR count). The van der Waals surface area contributed by atoms with Gasteiger partial charge in [0.1, 0.15) is 12.5 Å². The van der Waals surface area contributed by atoms with E-state index in [1.165, 1.54) is 12.5 Å². The first-order valence-electron chi connectivity index (χ1n) is 4.16. The molecule has 3 heterocycles. The van der Waals surface area contributed by atoms with E-state index in [1.807, 2.05) is 11.4 Å². The Morgan fingerprint density at radius 3 is 3.20 bits per heavy atom. The average Bonchev–Trinajstić information content (AvgIpc) is 2.87. The third kappa shape index (κ3) is 1.42. The first kappa shape index (κ1) is 8.30. The Bertz CT molecular complexity index is 576. The number of nitrogens with one attached hydrogen (secondary N) is 1. The Morgan fingerprint density at radius 2 is 2.33 bits per heavy atom. The molecular weight excluding hydrogens is 214 g/mol. The highest BCUT2D eigenvalue weighted by atomic mass is 32.1. The van der Waals surface area contributed by atoms with E-state index in [0.29, 0.717) is 11.7 Å². The molecule has 0 spiro atoms. The number of nitrogens with zero attached hydrogens (tertiary/aromatic N) is 4. The van der Waals surface area contributed by atoms with Crippen LogP contribution in [0, 0.1) is 0 Å². The zero-order chi connectivity index (χ0) is 10.1. The predicted octanol–water partition coefficient (Wildman–Crippen LogP) is 1.82. The second kappa shape index (κ2) is 3.28. The molecule has 3 aromatic rings. The molecule has 0 bridgehead atoms. The lowest BCUT2D eigenvalue weighted by Gasteiger charge is -2.00. The third-order valence-electron chi connectivity index (χ3n) is 1.85. The summed E-state index contributed by atoms with van der Waals surface area (Å²) in [4.78, 5) is 8.26. The molecule has 0 amide bonds. The third-order valence-corrected chi connectivity index (χ3v) is 2.76. The summed E-state index contributed by atoms with van der Waals surface area (Å²) in [5.74, 6) is 1.16. The van der Waals surface area contributed by atoms with Gasteiger partial charge in [-0.3, -0.25) is 0 Å². The first-order chi connectivity index (χ1) is 7.43. The minimum absolute atomic E-state index is 0.461. The molecule has 0 saturated carbocycles. The molecule has 0 aliphatic carbocycles. The Hall–Kier alpha value is -2.02. The molecule has 0 fully saturated rings. The number of aromatic nitrogens is 4. The lowest BCUT2D eigenvalue weighted by Crippen LogP contribution is -1.92. The molecule has 0 radical (unpaired) electrons. The number of fused-ring (bicyclic) bond motifs is 1. The van der Waals surface area contributed by atoms with Crippen LogP contribution in [0.1, 0.15) is 0 Å². The summed E-state index contributed by atoms with van der Waals surface area (Å²) in [6.45, 7) is 0. The molecule has 0 aromatic carbocycles. The van der Waals surface area contributed by atoms with Gasteiger partial charge in [-0.05, 0) is 11.4 Å². The van der Waals surface area contributed by atoms with E-state index in [2.05, 4.69) is 25.7 Å². The van der Waals surface area contributed by atoms with E-state index in [0.717, 1.165) is 10.2 Å². The van der Waals surface area contributed by atoms with Crippen molar-refractivity contribution in [2.45, 2.75) is 0 Å². The van der Waals surface area contributed by atoms with E-state index in [-0.39, 0.29) is 0 Å². The van der Waals surface area contributed by atoms with Crippen molar-refractivity contribution in [3.8, 4) is 0 Å². The van der Waals surface area contributed by atoms with Gasteiger partial charge in [-0.2, -0.15) is 0 Å². The fraction of sp³-hybridized carbons (Fsp3) is 0. The van der Waals surface area contributed by atoms with Crippen LogP contribution in [0.15, 0.2) is 28.5 Å². The normalized spacial score (nSPS) is 10.7. The maximum Gasteiger partial charge on any atom is 0.250 e. The summed E-state index contributed by atoms with van der Waals surface area (Å²) in [5, 5.41) is 11.9. The van der Waals surface area contributed by atoms with Crippen LogP contribution >= 0.6 is 11.3 Å². The average molecular weight is 219 g/mol. The molecule has 7 heteroatoms. The number of hydrogen-bond donors (Lipinski definition) is 1. The van der Waals surface area contributed by atoms with Crippen molar-refractivity contribution < 1.29 is 4.52 Å². The molecule has 0 unspecified atom stereocenters. The van der Waals surface area contributed by atoms with Crippen LogP contribution in [0.4, 0.5) is 11.7 Å². The van der Waals surface area contributed by atoms with Crippen LogP contribution in [-0.4, -0.2) is 20.3 Å². The van der Waals surface area contributed by atoms with E-state index in [9.17, 15) is 0 Å². The second-order valence-electron chi connectivity index (χ2n) is 2.76. The second-order valence-corrected chi connectivity index (χ2v) is 3.68. The number of thiophene rings is 1.